The van der Waals surface area contributed by atoms with Crippen LogP contribution in [0.1, 0.15) is 33.1 Å². The van der Waals surface area contributed by atoms with Crippen molar-refractivity contribution in [2.45, 2.75) is 45.2 Å². The summed E-state index contributed by atoms with van der Waals surface area (Å²) in [4.78, 5) is 11.5. The second-order valence-corrected chi connectivity index (χ2v) is 6.50. The fraction of sp³-hybridized carbons (Fsp3) is 0.800. The highest BCUT2D eigenvalue weighted by molar-refractivity contribution is 5.69. The van der Waals surface area contributed by atoms with Gasteiger partial charge in [0.1, 0.15) is 5.41 Å². The summed E-state index contributed by atoms with van der Waals surface area (Å²) in [5.74, 6) is -7.38. The van der Waals surface area contributed by atoms with E-state index in [9.17, 15) is 26.7 Å². The molecule has 0 N–H and O–H groups in total. The number of allylic oxidation sites excluding steroid dienone is 2. The van der Waals surface area contributed by atoms with Crippen molar-refractivity contribution in [2.24, 2.45) is 23.2 Å². The monoisotopic (exact) mass is 326 g/mol. The van der Waals surface area contributed by atoms with Crippen molar-refractivity contribution in [3.63, 3.8) is 0 Å². The minimum absolute atomic E-state index is 0.0346. The lowest BCUT2D eigenvalue weighted by molar-refractivity contribution is -0.306. The largest absolute Gasteiger partial charge is 0.465 e. The highest BCUT2D eigenvalue weighted by Gasteiger charge is 2.78. The van der Waals surface area contributed by atoms with Crippen LogP contribution in [0, 0.1) is 23.2 Å². The molecule has 3 unspecified atom stereocenters. The van der Waals surface area contributed by atoms with E-state index in [1.54, 1.807) is 13.8 Å². The lowest BCUT2D eigenvalue weighted by Gasteiger charge is -2.42. The van der Waals surface area contributed by atoms with Gasteiger partial charge in [-0.2, -0.15) is 13.2 Å². The van der Waals surface area contributed by atoms with E-state index in [2.05, 4.69) is 0 Å². The second-order valence-electron chi connectivity index (χ2n) is 6.50. The molecule has 0 heterocycles. The molecule has 0 saturated heterocycles. The number of carbonyl (C=O) groups excluding carboxylic acids is 1. The molecule has 126 valence electrons. The Balaban J connectivity index is 2.16. The number of esters is 1. The van der Waals surface area contributed by atoms with Gasteiger partial charge in [0.2, 0.25) is 0 Å². The van der Waals surface area contributed by atoms with Crippen molar-refractivity contribution in [1.29, 1.82) is 0 Å². The average molecular weight is 326 g/mol. The van der Waals surface area contributed by atoms with Gasteiger partial charge in [0, 0.05) is 12.3 Å². The van der Waals surface area contributed by atoms with Gasteiger partial charge in [-0.25, -0.2) is 8.78 Å². The summed E-state index contributed by atoms with van der Waals surface area (Å²) in [6, 6.07) is 0. The maximum atomic E-state index is 14.3. The van der Waals surface area contributed by atoms with E-state index < -0.39 is 48.2 Å². The first-order valence-corrected chi connectivity index (χ1v) is 7.31. The summed E-state index contributed by atoms with van der Waals surface area (Å²) in [6.07, 6.45) is -4.50. The molecule has 1 fully saturated rings. The summed E-state index contributed by atoms with van der Waals surface area (Å²) >= 11 is 0. The molecular weight excluding hydrogens is 307 g/mol. The molecule has 22 heavy (non-hydrogen) atoms. The van der Waals surface area contributed by atoms with Crippen LogP contribution in [-0.2, 0) is 9.53 Å². The molecule has 2 nitrogen and oxygen atoms in total. The van der Waals surface area contributed by atoms with E-state index >= 15 is 0 Å². The van der Waals surface area contributed by atoms with E-state index in [4.69, 9.17) is 4.74 Å². The van der Waals surface area contributed by atoms with Gasteiger partial charge in [-0.05, 0) is 24.7 Å². The highest BCUT2D eigenvalue weighted by Crippen LogP contribution is 2.69. The van der Waals surface area contributed by atoms with Gasteiger partial charge in [0.15, 0.2) is 0 Å². The quantitative estimate of drug-likeness (QED) is 0.426. The highest BCUT2D eigenvalue weighted by atomic mass is 19.4. The van der Waals surface area contributed by atoms with Crippen LogP contribution in [0.2, 0.25) is 0 Å². The first-order chi connectivity index (χ1) is 10.0. The molecule has 2 bridgehead atoms. The van der Waals surface area contributed by atoms with Crippen LogP contribution < -0.4 is 0 Å². The summed E-state index contributed by atoms with van der Waals surface area (Å²) in [6.45, 7) is 3.62. The van der Waals surface area contributed by atoms with Crippen LogP contribution in [-0.4, -0.2) is 24.7 Å². The smallest absolute Gasteiger partial charge is 0.400 e. The molecule has 0 aromatic rings. The normalized spacial score (nSPS) is 32.7. The molecule has 3 atom stereocenters. The Morgan fingerprint density at radius 2 is 1.86 bits per heavy atom. The number of hydrogen-bond acceptors (Lipinski definition) is 2. The van der Waals surface area contributed by atoms with Gasteiger partial charge in [-0.3, -0.25) is 4.79 Å². The third-order valence-electron chi connectivity index (χ3n) is 4.58. The van der Waals surface area contributed by atoms with Crippen molar-refractivity contribution >= 4 is 5.97 Å². The molecule has 0 aliphatic heterocycles. The van der Waals surface area contributed by atoms with Crippen LogP contribution in [0.5, 0.6) is 0 Å². The third kappa shape index (κ3) is 2.52. The van der Waals surface area contributed by atoms with E-state index in [1.807, 2.05) is 0 Å². The zero-order valence-electron chi connectivity index (χ0n) is 12.4. The first-order valence-electron chi connectivity index (χ1n) is 7.31. The molecule has 2 aliphatic rings. The zero-order valence-corrected chi connectivity index (χ0v) is 12.4. The Morgan fingerprint density at radius 1 is 1.27 bits per heavy atom. The first kappa shape index (κ1) is 17.2. The lowest BCUT2D eigenvalue weighted by atomic mass is 9.69. The maximum absolute atomic E-state index is 14.3. The molecular formula is C15H19F5O2. The van der Waals surface area contributed by atoms with Crippen LogP contribution in [0.3, 0.4) is 0 Å². The standard InChI is InChI=1S/C15H19F5O2/c1-9(2)8-22-12(21)5-6-13(15(18,19)20)10-3-4-11(7-10)14(13,16)17/h3-4,9-11H,5-8H2,1-2H3. The van der Waals surface area contributed by atoms with E-state index in [-0.39, 0.29) is 18.9 Å². The zero-order chi connectivity index (χ0) is 16.8. The van der Waals surface area contributed by atoms with Crippen molar-refractivity contribution in [2.75, 3.05) is 6.61 Å². The topological polar surface area (TPSA) is 26.3 Å². The second kappa shape index (κ2) is 5.49. The molecule has 2 aliphatic carbocycles. The van der Waals surface area contributed by atoms with Gasteiger partial charge in [-0.1, -0.05) is 26.0 Å². The molecule has 0 aromatic carbocycles. The fourth-order valence-electron chi connectivity index (χ4n) is 3.44. The fourth-order valence-corrected chi connectivity index (χ4v) is 3.44. The van der Waals surface area contributed by atoms with Crippen LogP contribution in [0.15, 0.2) is 12.2 Å². The van der Waals surface area contributed by atoms with Crippen molar-refractivity contribution in [3.05, 3.63) is 12.2 Å². The molecule has 0 amide bonds. The summed E-state index contributed by atoms with van der Waals surface area (Å²) in [5.41, 5.74) is -3.16. The van der Waals surface area contributed by atoms with Crippen molar-refractivity contribution < 1.29 is 31.5 Å². The predicted molar refractivity (Wildman–Crippen MR) is 69.2 cm³/mol. The maximum Gasteiger partial charge on any atom is 0.400 e. The lowest BCUT2D eigenvalue weighted by Crippen LogP contribution is -2.54. The average Bonchev–Trinajstić information content (AvgIpc) is 2.91. The Bertz CT molecular complexity index is 469. The number of hydrogen-bond donors (Lipinski definition) is 0. The molecule has 1 saturated carbocycles. The molecule has 2 rings (SSSR count). The van der Waals surface area contributed by atoms with E-state index in [1.165, 1.54) is 6.08 Å². The number of rotatable bonds is 5. The van der Waals surface area contributed by atoms with Crippen molar-refractivity contribution in [1.82, 2.24) is 0 Å². The van der Waals surface area contributed by atoms with Crippen LogP contribution >= 0.6 is 0 Å². The summed E-state index contributed by atoms with van der Waals surface area (Å²) in [7, 11) is 0. The van der Waals surface area contributed by atoms with E-state index in [0.29, 0.717) is 0 Å². The van der Waals surface area contributed by atoms with Crippen LogP contribution in [0.4, 0.5) is 22.0 Å². The Labute approximate surface area is 125 Å². The Kier molecular flexibility index (Phi) is 4.30. The molecule has 7 heteroatoms. The number of halogens is 5. The predicted octanol–water partition coefficient (Wildman–Crippen LogP) is 4.36. The molecule has 0 aromatic heterocycles. The van der Waals surface area contributed by atoms with Crippen LogP contribution in [0.25, 0.3) is 0 Å². The third-order valence-corrected chi connectivity index (χ3v) is 4.58. The number of fused-ring (bicyclic) bond motifs is 2. The molecule has 0 spiro atoms. The Morgan fingerprint density at radius 3 is 2.32 bits per heavy atom. The van der Waals surface area contributed by atoms with Gasteiger partial charge in [0.25, 0.3) is 5.92 Å². The van der Waals surface area contributed by atoms with Gasteiger partial charge in [-0.15, -0.1) is 0 Å². The minimum atomic E-state index is -5.07. The summed E-state index contributed by atoms with van der Waals surface area (Å²) in [5, 5.41) is 0. The van der Waals surface area contributed by atoms with Crippen molar-refractivity contribution in [3.8, 4) is 0 Å². The van der Waals surface area contributed by atoms with Gasteiger partial charge < -0.3 is 4.74 Å². The minimum Gasteiger partial charge on any atom is -0.465 e. The number of carbonyl (C=O) groups is 1. The number of alkyl halides is 5. The molecule has 0 radical (unpaired) electrons. The Hall–Kier alpha value is -1.14. The van der Waals surface area contributed by atoms with Gasteiger partial charge >= 0.3 is 12.1 Å². The number of ether oxygens (including phenoxy) is 1. The summed E-state index contributed by atoms with van der Waals surface area (Å²) < 4.78 is 73.8. The van der Waals surface area contributed by atoms with E-state index in [0.717, 1.165) is 6.08 Å². The SMILES string of the molecule is CC(C)COC(=O)CCC1(C(F)(F)F)C2C=CC(C2)C1(F)F. The van der Waals surface area contributed by atoms with Gasteiger partial charge in [0.05, 0.1) is 6.61 Å².